The maximum atomic E-state index is 10.6. The molecule has 1 aliphatic heterocycles. The van der Waals surface area contributed by atoms with E-state index >= 15 is 0 Å². The van der Waals surface area contributed by atoms with E-state index in [2.05, 4.69) is 10.6 Å². The first-order valence-corrected chi connectivity index (χ1v) is 6.15. The number of nitrogens with two attached hydrogens (primary N) is 1. The highest BCUT2D eigenvalue weighted by Gasteiger charge is 2.14. The van der Waals surface area contributed by atoms with Crippen molar-refractivity contribution in [3.05, 3.63) is 28.3 Å². The van der Waals surface area contributed by atoms with E-state index in [0.717, 1.165) is 25.3 Å². The van der Waals surface area contributed by atoms with Crippen LogP contribution in [0.2, 0.25) is 0 Å². The van der Waals surface area contributed by atoms with Gasteiger partial charge in [0.1, 0.15) is 5.69 Å². The van der Waals surface area contributed by atoms with Crippen molar-refractivity contribution in [2.75, 3.05) is 30.7 Å². The number of piperidine rings is 1. The molecule has 6 heteroatoms. The van der Waals surface area contributed by atoms with Crippen molar-refractivity contribution in [1.29, 1.82) is 0 Å². The van der Waals surface area contributed by atoms with E-state index < -0.39 is 4.92 Å². The van der Waals surface area contributed by atoms with Crippen molar-refractivity contribution >= 4 is 17.1 Å². The Labute approximate surface area is 106 Å². The van der Waals surface area contributed by atoms with Gasteiger partial charge in [0.15, 0.2) is 0 Å². The number of nitro benzene ring substituents is 1. The lowest BCUT2D eigenvalue weighted by Gasteiger charge is -2.23. The Morgan fingerprint density at radius 2 is 2.39 bits per heavy atom. The molecular formula is C12H18N4O2. The van der Waals surface area contributed by atoms with Crippen molar-refractivity contribution in [3.63, 3.8) is 0 Å². The highest BCUT2D eigenvalue weighted by atomic mass is 16.6. The molecule has 0 aliphatic carbocycles. The van der Waals surface area contributed by atoms with Crippen LogP contribution in [0.3, 0.4) is 0 Å². The van der Waals surface area contributed by atoms with Gasteiger partial charge in [-0.1, -0.05) is 0 Å². The van der Waals surface area contributed by atoms with E-state index in [1.165, 1.54) is 18.9 Å². The van der Waals surface area contributed by atoms with Crippen molar-refractivity contribution < 1.29 is 4.92 Å². The second-order valence-electron chi connectivity index (χ2n) is 4.62. The molecule has 2 rings (SSSR count). The zero-order chi connectivity index (χ0) is 13.0. The molecule has 1 heterocycles. The summed E-state index contributed by atoms with van der Waals surface area (Å²) in [6, 6.07) is 4.76. The number of nitrogens with zero attached hydrogens (tertiary/aromatic N) is 1. The molecule has 0 bridgehead atoms. The van der Waals surface area contributed by atoms with Crippen LogP contribution in [0.25, 0.3) is 0 Å². The second kappa shape index (κ2) is 5.68. The largest absolute Gasteiger partial charge is 0.393 e. The molecule has 4 N–H and O–H groups in total. The van der Waals surface area contributed by atoms with E-state index in [0.29, 0.717) is 5.92 Å². The minimum atomic E-state index is -0.468. The molecule has 1 saturated heterocycles. The van der Waals surface area contributed by atoms with E-state index in [1.54, 1.807) is 12.1 Å². The van der Waals surface area contributed by atoms with Gasteiger partial charge >= 0.3 is 0 Å². The van der Waals surface area contributed by atoms with Crippen molar-refractivity contribution in [1.82, 2.24) is 5.32 Å². The standard InChI is InChI=1S/C12H18N4O2/c13-11-6-10(3-4-12(11)16(17)18)15-8-9-2-1-5-14-7-9/h3-4,6,9,14-15H,1-2,5,7-8,13H2. The van der Waals surface area contributed by atoms with Crippen molar-refractivity contribution in [2.24, 2.45) is 5.92 Å². The van der Waals surface area contributed by atoms with Gasteiger partial charge < -0.3 is 16.4 Å². The van der Waals surface area contributed by atoms with Gasteiger partial charge in [-0.05, 0) is 44.0 Å². The van der Waals surface area contributed by atoms with E-state index in [-0.39, 0.29) is 11.4 Å². The monoisotopic (exact) mass is 250 g/mol. The maximum Gasteiger partial charge on any atom is 0.292 e. The summed E-state index contributed by atoms with van der Waals surface area (Å²) in [5, 5.41) is 17.3. The molecule has 0 radical (unpaired) electrons. The van der Waals surface area contributed by atoms with Gasteiger partial charge in [0.05, 0.1) is 4.92 Å². The van der Waals surface area contributed by atoms with Gasteiger partial charge in [-0.3, -0.25) is 10.1 Å². The molecule has 1 unspecified atom stereocenters. The Kier molecular flexibility index (Phi) is 3.99. The third kappa shape index (κ3) is 3.10. The lowest BCUT2D eigenvalue weighted by Crippen LogP contribution is -2.33. The summed E-state index contributed by atoms with van der Waals surface area (Å²) in [4.78, 5) is 10.2. The Morgan fingerprint density at radius 1 is 1.56 bits per heavy atom. The molecule has 18 heavy (non-hydrogen) atoms. The van der Waals surface area contributed by atoms with E-state index in [9.17, 15) is 10.1 Å². The van der Waals surface area contributed by atoms with E-state index in [4.69, 9.17) is 5.73 Å². The SMILES string of the molecule is Nc1cc(NCC2CCCNC2)ccc1[N+](=O)[O-]. The number of anilines is 2. The fourth-order valence-corrected chi connectivity index (χ4v) is 2.19. The Balaban J connectivity index is 1.93. The number of hydrogen-bond acceptors (Lipinski definition) is 5. The van der Waals surface area contributed by atoms with Crippen LogP contribution >= 0.6 is 0 Å². The van der Waals surface area contributed by atoms with Gasteiger partial charge in [-0.2, -0.15) is 0 Å². The maximum absolute atomic E-state index is 10.6. The number of rotatable bonds is 4. The first kappa shape index (κ1) is 12.6. The van der Waals surface area contributed by atoms with Gasteiger partial charge in [-0.15, -0.1) is 0 Å². The van der Waals surface area contributed by atoms with Crippen LogP contribution in [0.5, 0.6) is 0 Å². The van der Waals surface area contributed by atoms with Crippen LogP contribution in [0.15, 0.2) is 18.2 Å². The number of nitrogens with one attached hydrogen (secondary N) is 2. The van der Waals surface area contributed by atoms with Crippen LogP contribution in [0.1, 0.15) is 12.8 Å². The quantitative estimate of drug-likeness (QED) is 0.428. The predicted molar refractivity (Wildman–Crippen MR) is 71.6 cm³/mol. The van der Waals surface area contributed by atoms with Crippen LogP contribution < -0.4 is 16.4 Å². The summed E-state index contributed by atoms with van der Waals surface area (Å²) >= 11 is 0. The third-order valence-corrected chi connectivity index (χ3v) is 3.22. The molecule has 0 amide bonds. The molecule has 1 aromatic carbocycles. The molecule has 1 aliphatic rings. The minimum Gasteiger partial charge on any atom is -0.393 e. The fourth-order valence-electron chi connectivity index (χ4n) is 2.19. The third-order valence-electron chi connectivity index (χ3n) is 3.22. The summed E-state index contributed by atoms with van der Waals surface area (Å²) in [6.07, 6.45) is 2.41. The summed E-state index contributed by atoms with van der Waals surface area (Å²) in [7, 11) is 0. The number of hydrogen-bond donors (Lipinski definition) is 3. The molecule has 0 saturated carbocycles. The van der Waals surface area contributed by atoms with Crippen LogP contribution in [0.4, 0.5) is 17.1 Å². The highest BCUT2D eigenvalue weighted by Crippen LogP contribution is 2.25. The minimum absolute atomic E-state index is 0.0418. The fraction of sp³-hybridized carbons (Fsp3) is 0.500. The normalized spacial score (nSPS) is 19.4. The lowest BCUT2D eigenvalue weighted by atomic mass is 10.00. The van der Waals surface area contributed by atoms with Gasteiger partial charge in [0, 0.05) is 18.3 Å². The van der Waals surface area contributed by atoms with Crippen molar-refractivity contribution in [3.8, 4) is 0 Å². The first-order chi connectivity index (χ1) is 8.66. The molecule has 1 fully saturated rings. The lowest BCUT2D eigenvalue weighted by molar-refractivity contribution is -0.383. The second-order valence-corrected chi connectivity index (χ2v) is 4.62. The van der Waals surface area contributed by atoms with Gasteiger partial charge in [-0.25, -0.2) is 0 Å². The number of nitro groups is 1. The average molecular weight is 250 g/mol. The smallest absolute Gasteiger partial charge is 0.292 e. The Bertz CT molecular complexity index is 430. The summed E-state index contributed by atoms with van der Waals surface area (Å²) in [6.45, 7) is 2.99. The van der Waals surface area contributed by atoms with Crippen molar-refractivity contribution in [2.45, 2.75) is 12.8 Å². The molecule has 0 aromatic heterocycles. The molecule has 1 aromatic rings. The average Bonchev–Trinajstić information content (AvgIpc) is 2.37. The topological polar surface area (TPSA) is 93.2 Å². The van der Waals surface area contributed by atoms with Crippen LogP contribution in [-0.4, -0.2) is 24.6 Å². The summed E-state index contributed by atoms with van der Waals surface area (Å²) in [5.41, 5.74) is 6.63. The predicted octanol–water partition coefficient (Wildman–Crippen LogP) is 1.59. The number of nitrogen functional groups attached to an aromatic ring is 1. The number of benzene rings is 1. The summed E-state index contributed by atoms with van der Waals surface area (Å²) < 4.78 is 0. The summed E-state index contributed by atoms with van der Waals surface area (Å²) in [5.74, 6) is 0.607. The van der Waals surface area contributed by atoms with Crippen LogP contribution in [0, 0.1) is 16.0 Å². The zero-order valence-electron chi connectivity index (χ0n) is 10.2. The van der Waals surface area contributed by atoms with Gasteiger partial charge in [0.2, 0.25) is 0 Å². The van der Waals surface area contributed by atoms with E-state index in [1.807, 2.05) is 0 Å². The molecule has 6 nitrogen and oxygen atoms in total. The zero-order valence-corrected chi connectivity index (χ0v) is 10.2. The molecule has 0 spiro atoms. The Morgan fingerprint density at radius 3 is 3.00 bits per heavy atom. The first-order valence-electron chi connectivity index (χ1n) is 6.15. The highest BCUT2D eigenvalue weighted by molar-refractivity contribution is 5.65. The molecule has 98 valence electrons. The van der Waals surface area contributed by atoms with Crippen LogP contribution in [-0.2, 0) is 0 Å². The molecule has 1 atom stereocenters. The molecular weight excluding hydrogens is 232 g/mol. The van der Waals surface area contributed by atoms with Gasteiger partial charge in [0.25, 0.3) is 5.69 Å². The Hall–Kier alpha value is -1.82.